The summed E-state index contributed by atoms with van der Waals surface area (Å²) in [6.45, 7) is 4.13. The summed E-state index contributed by atoms with van der Waals surface area (Å²) in [6.07, 6.45) is 0.238. The standard InChI is InChI=1S/C22H24ClN3O3/c1-29-19-8-6-18(7-9-19)26-21(27)14-20(22(26)28)25-12-10-24(11-13-25)15-16-2-4-17(23)5-3-16/h2-9,20H,10-15H2,1H3/t20-/m0/s1. The number of carbonyl (C=O) groups is 2. The van der Waals surface area contributed by atoms with Crippen LogP contribution in [0.2, 0.25) is 5.02 Å². The fourth-order valence-corrected chi connectivity index (χ4v) is 4.11. The Balaban J connectivity index is 1.36. The minimum absolute atomic E-state index is 0.133. The van der Waals surface area contributed by atoms with Crippen molar-refractivity contribution in [2.75, 3.05) is 38.2 Å². The van der Waals surface area contributed by atoms with Crippen molar-refractivity contribution in [1.82, 2.24) is 9.80 Å². The molecule has 2 saturated heterocycles. The number of ether oxygens (including phenoxy) is 1. The molecule has 0 unspecified atom stereocenters. The van der Waals surface area contributed by atoms with Gasteiger partial charge in [-0.2, -0.15) is 0 Å². The van der Waals surface area contributed by atoms with E-state index in [1.807, 2.05) is 24.3 Å². The number of hydrogen-bond acceptors (Lipinski definition) is 5. The Bertz CT molecular complexity index is 877. The molecule has 0 spiro atoms. The van der Waals surface area contributed by atoms with E-state index in [9.17, 15) is 9.59 Å². The quantitative estimate of drug-likeness (QED) is 0.705. The molecular formula is C22H24ClN3O3. The molecule has 0 aromatic heterocycles. The van der Waals surface area contributed by atoms with Crippen LogP contribution in [0.25, 0.3) is 0 Å². The minimum atomic E-state index is -0.373. The van der Waals surface area contributed by atoms with E-state index in [0.29, 0.717) is 11.4 Å². The molecule has 2 fully saturated rings. The molecule has 2 amide bonds. The monoisotopic (exact) mass is 413 g/mol. The highest BCUT2D eigenvalue weighted by Crippen LogP contribution is 2.28. The van der Waals surface area contributed by atoms with E-state index in [1.165, 1.54) is 10.5 Å². The maximum atomic E-state index is 13.0. The number of hydrogen-bond donors (Lipinski definition) is 0. The van der Waals surface area contributed by atoms with Gasteiger partial charge in [-0.1, -0.05) is 23.7 Å². The summed E-state index contributed by atoms with van der Waals surface area (Å²) in [5.74, 6) is 0.418. The fourth-order valence-electron chi connectivity index (χ4n) is 3.98. The Morgan fingerprint density at radius 2 is 1.62 bits per heavy atom. The van der Waals surface area contributed by atoms with Crippen molar-refractivity contribution in [3.05, 3.63) is 59.1 Å². The Hall–Kier alpha value is -2.41. The van der Waals surface area contributed by atoms with E-state index >= 15 is 0 Å². The van der Waals surface area contributed by atoms with Crippen LogP contribution >= 0.6 is 11.6 Å². The molecular weight excluding hydrogens is 390 g/mol. The van der Waals surface area contributed by atoms with Gasteiger partial charge < -0.3 is 4.74 Å². The van der Waals surface area contributed by atoms with Gasteiger partial charge in [0.25, 0.3) is 5.91 Å². The first-order valence-electron chi connectivity index (χ1n) is 9.77. The van der Waals surface area contributed by atoms with Crippen LogP contribution in [0.5, 0.6) is 5.75 Å². The van der Waals surface area contributed by atoms with Crippen LogP contribution < -0.4 is 9.64 Å². The van der Waals surface area contributed by atoms with Gasteiger partial charge in [-0.3, -0.25) is 19.4 Å². The molecule has 7 heteroatoms. The molecule has 4 rings (SSSR count). The molecule has 2 aliphatic rings. The van der Waals surface area contributed by atoms with Crippen LogP contribution in [0.3, 0.4) is 0 Å². The smallest absolute Gasteiger partial charge is 0.251 e. The van der Waals surface area contributed by atoms with Gasteiger partial charge >= 0.3 is 0 Å². The first-order valence-corrected chi connectivity index (χ1v) is 10.1. The average molecular weight is 414 g/mol. The molecule has 152 valence electrons. The summed E-state index contributed by atoms with van der Waals surface area (Å²) >= 11 is 5.95. The molecule has 0 saturated carbocycles. The number of nitrogens with zero attached hydrogens (tertiary/aromatic N) is 3. The molecule has 2 aliphatic heterocycles. The highest BCUT2D eigenvalue weighted by Gasteiger charge is 2.43. The second kappa shape index (κ2) is 8.53. The van der Waals surface area contributed by atoms with Crippen molar-refractivity contribution < 1.29 is 14.3 Å². The van der Waals surface area contributed by atoms with Crippen LogP contribution in [-0.2, 0) is 16.1 Å². The zero-order valence-corrected chi connectivity index (χ0v) is 17.1. The van der Waals surface area contributed by atoms with Gasteiger partial charge in [-0.15, -0.1) is 0 Å². The van der Waals surface area contributed by atoms with Gasteiger partial charge in [0, 0.05) is 37.7 Å². The number of carbonyl (C=O) groups excluding carboxylic acids is 2. The van der Waals surface area contributed by atoms with Crippen molar-refractivity contribution in [2.24, 2.45) is 0 Å². The van der Waals surface area contributed by atoms with Crippen molar-refractivity contribution in [2.45, 2.75) is 19.0 Å². The molecule has 0 N–H and O–H groups in total. The van der Waals surface area contributed by atoms with Crippen LogP contribution in [0.4, 0.5) is 5.69 Å². The summed E-state index contributed by atoms with van der Waals surface area (Å²) in [5, 5.41) is 0.740. The molecule has 2 heterocycles. The van der Waals surface area contributed by atoms with Crippen LogP contribution in [0.1, 0.15) is 12.0 Å². The second-order valence-electron chi connectivity index (χ2n) is 7.42. The summed E-state index contributed by atoms with van der Waals surface area (Å²) < 4.78 is 5.15. The molecule has 0 radical (unpaired) electrons. The number of imide groups is 1. The number of piperazine rings is 1. The molecule has 2 aromatic carbocycles. The molecule has 6 nitrogen and oxygen atoms in total. The number of anilines is 1. The molecule has 1 atom stereocenters. The van der Waals surface area contributed by atoms with Crippen molar-refractivity contribution >= 4 is 29.1 Å². The Labute approximate surface area is 175 Å². The SMILES string of the molecule is COc1ccc(N2C(=O)C[C@H](N3CCN(Cc4ccc(Cl)cc4)CC3)C2=O)cc1. The lowest BCUT2D eigenvalue weighted by Gasteiger charge is -2.37. The number of amides is 2. The van der Waals surface area contributed by atoms with Crippen molar-refractivity contribution in [3.8, 4) is 5.75 Å². The van der Waals surface area contributed by atoms with Gasteiger partial charge in [-0.25, -0.2) is 4.90 Å². The third-order valence-electron chi connectivity index (χ3n) is 5.62. The van der Waals surface area contributed by atoms with Crippen molar-refractivity contribution in [1.29, 1.82) is 0 Å². The maximum Gasteiger partial charge on any atom is 0.251 e. The summed E-state index contributed by atoms with van der Waals surface area (Å²) in [5.41, 5.74) is 1.82. The highest BCUT2D eigenvalue weighted by atomic mass is 35.5. The minimum Gasteiger partial charge on any atom is -0.497 e. The van der Waals surface area contributed by atoms with E-state index in [1.54, 1.807) is 31.4 Å². The molecule has 2 aromatic rings. The van der Waals surface area contributed by atoms with E-state index in [2.05, 4.69) is 9.80 Å². The van der Waals surface area contributed by atoms with Crippen molar-refractivity contribution in [3.63, 3.8) is 0 Å². The Kier molecular flexibility index (Phi) is 5.85. The topological polar surface area (TPSA) is 53.1 Å². The summed E-state index contributed by atoms with van der Waals surface area (Å²) in [4.78, 5) is 31.3. The van der Waals surface area contributed by atoms with Crippen LogP contribution in [0, 0.1) is 0 Å². The predicted molar refractivity (Wildman–Crippen MR) is 112 cm³/mol. The Morgan fingerprint density at radius 1 is 0.966 bits per heavy atom. The zero-order chi connectivity index (χ0) is 20.4. The van der Waals surface area contributed by atoms with E-state index < -0.39 is 0 Å². The lowest BCUT2D eigenvalue weighted by Crippen LogP contribution is -2.52. The molecule has 0 bridgehead atoms. The Morgan fingerprint density at radius 3 is 2.24 bits per heavy atom. The van der Waals surface area contributed by atoms with Gasteiger partial charge in [0.05, 0.1) is 25.3 Å². The molecule has 29 heavy (non-hydrogen) atoms. The van der Waals surface area contributed by atoms with E-state index in [-0.39, 0.29) is 24.3 Å². The maximum absolute atomic E-state index is 13.0. The predicted octanol–water partition coefficient (Wildman–Crippen LogP) is 2.80. The number of halogens is 1. The van der Waals surface area contributed by atoms with E-state index in [0.717, 1.165) is 37.7 Å². The summed E-state index contributed by atoms with van der Waals surface area (Å²) in [6, 6.07) is 14.6. The first kappa shape index (κ1) is 19.9. The lowest BCUT2D eigenvalue weighted by atomic mass is 10.1. The summed E-state index contributed by atoms with van der Waals surface area (Å²) in [7, 11) is 1.59. The van der Waals surface area contributed by atoms with Gasteiger partial charge in [0.2, 0.25) is 5.91 Å². The van der Waals surface area contributed by atoms with Gasteiger partial charge in [0.15, 0.2) is 0 Å². The first-order chi connectivity index (χ1) is 14.0. The third kappa shape index (κ3) is 4.29. The number of methoxy groups -OCH3 is 1. The normalized spacial score (nSPS) is 21.0. The fraction of sp³-hybridized carbons (Fsp3) is 0.364. The van der Waals surface area contributed by atoms with E-state index in [4.69, 9.17) is 16.3 Å². The number of rotatable bonds is 5. The van der Waals surface area contributed by atoms with Gasteiger partial charge in [-0.05, 0) is 42.0 Å². The largest absolute Gasteiger partial charge is 0.497 e. The second-order valence-corrected chi connectivity index (χ2v) is 7.86. The zero-order valence-electron chi connectivity index (χ0n) is 16.4. The molecule has 0 aliphatic carbocycles. The lowest BCUT2D eigenvalue weighted by molar-refractivity contribution is -0.123. The highest BCUT2D eigenvalue weighted by molar-refractivity contribution is 6.30. The third-order valence-corrected chi connectivity index (χ3v) is 5.87. The van der Waals surface area contributed by atoms with Crippen LogP contribution in [0.15, 0.2) is 48.5 Å². The number of benzene rings is 2. The average Bonchev–Trinajstić information content (AvgIpc) is 3.04. The van der Waals surface area contributed by atoms with Gasteiger partial charge in [0.1, 0.15) is 5.75 Å². The van der Waals surface area contributed by atoms with Crippen LogP contribution in [-0.4, -0.2) is 60.9 Å².